The van der Waals surface area contributed by atoms with Crippen LogP contribution in [0.2, 0.25) is 0 Å². The van der Waals surface area contributed by atoms with Crippen LogP contribution in [0, 0.1) is 0 Å². The number of rotatable bonds is 4. The van der Waals surface area contributed by atoms with Gasteiger partial charge in [-0.2, -0.15) is 4.52 Å². The number of hydrogen-bond donors (Lipinski definition) is 0. The predicted molar refractivity (Wildman–Crippen MR) is 111 cm³/mol. The molecule has 0 N–H and O–H groups in total. The maximum atomic E-state index is 4.60. The van der Waals surface area contributed by atoms with Gasteiger partial charge in [0.2, 0.25) is 0 Å². The number of benzene rings is 2. The van der Waals surface area contributed by atoms with E-state index in [2.05, 4.69) is 74.1 Å². The molecular weight excluding hydrogens is 348 g/mol. The summed E-state index contributed by atoms with van der Waals surface area (Å²) in [6, 6.07) is 19.1. The Labute approximate surface area is 163 Å². The number of aromatic nitrogens is 4. The molecule has 0 aliphatic carbocycles. The van der Waals surface area contributed by atoms with E-state index in [0.29, 0.717) is 0 Å². The Kier molecular flexibility index (Phi) is 4.16. The second-order valence-electron chi connectivity index (χ2n) is 7.22. The number of allylic oxidation sites excluding steroid dienone is 1. The van der Waals surface area contributed by atoms with Crippen LogP contribution in [0.3, 0.4) is 0 Å². The molecule has 0 bridgehead atoms. The molecule has 4 aromatic rings. The summed E-state index contributed by atoms with van der Waals surface area (Å²) in [6.45, 7) is 8.12. The van der Waals surface area contributed by atoms with Crippen LogP contribution in [-0.4, -0.2) is 50.9 Å². The van der Waals surface area contributed by atoms with Crippen LogP contribution in [0.4, 0.5) is 5.82 Å². The van der Waals surface area contributed by atoms with E-state index in [4.69, 9.17) is 0 Å². The third kappa shape index (κ3) is 3.17. The zero-order valence-corrected chi connectivity index (χ0v) is 15.7. The molecule has 1 aliphatic rings. The molecule has 6 nitrogen and oxygen atoms in total. The van der Waals surface area contributed by atoms with Crippen molar-refractivity contribution >= 4 is 22.2 Å². The van der Waals surface area contributed by atoms with Crippen molar-refractivity contribution < 1.29 is 0 Å². The highest BCUT2D eigenvalue weighted by Crippen LogP contribution is 2.20. The van der Waals surface area contributed by atoms with Crippen molar-refractivity contribution in [1.29, 1.82) is 0 Å². The van der Waals surface area contributed by atoms with Crippen molar-refractivity contribution in [3.05, 3.63) is 78.8 Å². The van der Waals surface area contributed by atoms with E-state index in [1.807, 2.05) is 12.1 Å². The second kappa shape index (κ2) is 6.96. The highest BCUT2D eigenvalue weighted by atomic mass is 15.4. The molecule has 0 radical (unpaired) electrons. The van der Waals surface area contributed by atoms with Crippen molar-refractivity contribution in [1.82, 2.24) is 24.7 Å². The molecule has 0 unspecified atom stereocenters. The summed E-state index contributed by atoms with van der Waals surface area (Å²) in [5, 5.41) is 15.1. The molecule has 140 valence electrons. The van der Waals surface area contributed by atoms with Gasteiger partial charge in [0.15, 0.2) is 5.65 Å². The Bertz CT molecular complexity index is 1140. The molecule has 2 aromatic heterocycles. The number of hydrogen-bond acceptors (Lipinski definition) is 5. The molecule has 0 spiro atoms. The summed E-state index contributed by atoms with van der Waals surface area (Å²) in [5.74, 6) is 0.965. The Morgan fingerprint density at radius 2 is 1.75 bits per heavy atom. The van der Waals surface area contributed by atoms with Gasteiger partial charge < -0.3 is 9.80 Å². The predicted octanol–water partition coefficient (Wildman–Crippen LogP) is 3.16. The van der Waals surface area contributed by atoms with Gasteiger partial charge in [0.25, 0.3) is 0 Å². The molecule has 1 saturated heterocycles. The first-order chi connectivity index (χ1) is 13.8. The Morgan fingerprint density at radius 1 is 0.929 bits per heavy atom. The Balaban J connectivity index is 1.23. The summed E-state index contributed by atoms with van der Waals surface area (Å²) < 4.78 is 1.72. The smallest absolute Gasteiger partial charge is 0.177 e. The summed E-state index contributed by atoms with van der Waals surface area (Å²) in [4.78, 5) is 4.70. The Morgan fingerprint density at radius 3 is 2.61 bits per heavy atom. The van der Waals surface area contributed by atoms with Crippen LogP contribution >= 0.6 is 0 Å². The molecule has 2 aromatic carbocycles. The molecule has 1 aliphatic heterocycles. The molecule has 5 rings (SSSR count). The van der Waals surface area contributed by atoms with Crippen LogP contribution in [0.15, 0.2) is 73.2 Å². The molecule has 0 amide bonds. The highest BCUT2D eigenvalue weighted by molar-refractivity contribution is 5.83. The van der Waals surface area contributed by atoms with E-state index < -0.39 is 0 Å². The van der Waals surface area contributed by atoms with Crippen molar-refractivity contribution in [2.75, 3.05) is 31.1 Å². The first-order valence-electron chi connectivity index (χ1n) is 9.59. The van der Waals surface area contributed by atoms with Gasteiger partial charge in [0.1, 0.15) is 12.1 Å². The van der Waals surface area contributed by atoms with E-state index in [-0.39, 0.29) is 0 Å². The van der Waals surface area contributed by atoms with Crippen LogP contribution in [0.1, 0.15) is 5.56 Å². The van der Waals surface area contributed by atoms with Gasteiger partial charge in [-0.25, -0.2) is 0 Å². The zero-order chi connectivity index (χ0) is 18.9. The molecule has 6 heteroatoms. The van der Waals surface area contributed by atoms with Gasteiger partial charge in [0, 0.05) is 38.3 Å². The lowest BCUT2D eigenvalue weighted by Crippen LogP contribution is -2.46. The fourth-order valence-electron chi connectivity index (χ4n) is 3.83. The lowest BCUT2D eigenvalue weighted by Gasteiger charge is -2.37. The minimum absolute atomic E-state index is 0.770. The summed E-state index contributed by atoms with van der Waals surface area (Å²) >= 11 is 0. The van der Waals surface area contributed by atoms with Crippen molar-refractivity contribution in [2.24, 2.45) is 0 Å². The van der Waals surface area contributed by atoms with E-state index in [1.54, 1.807) is 10.8 Å². The highest BCUT2D eigenvalue weighted by Gasteiger charge is 2.19. The largest absolute Gasteiger partial charge is 0.371 e. The van der Waals surface area contributed by atoms with Crippen molar-refractivity contribution in [3.8, 4) is 0 Å². The average Bonchev–Trinajstić information content (AvgIpc) is 3.21. The van der Waals surface area contributed by atoms with Gasteiger partial charge in [-0.15, -0.1) is 15.3 Å². The fraction of sp³-hybridized carbons (Fsp3) is 0.227. The van der Waals surface area contributed by atoms with Crippen LogP contribution in [-0.2, 0) is 6.42 Å². The minimum Gasteiger partial charge on any atom is -0.371 e. The molecule has 0 atom stereocenters. The lowest BCUT2D eigenvalue weighted by atomic mass is 10.0. The standard InChI is InChI=1S/C22H22N6/c1-17(14-18-6-7-19-4-2-3-5-20(19)15-18)26-10-12-27(13-11-26)22-9-8-21-24-23-16-28(21)25-22/h2-9,15-16H,1,10-14H2. The van der Waals surface area contributed by atoms with Gasteiger partial charge in [-0.3, -0.25) is 0 Å². The molecule has 28 heavy (non-hydrogen) atoms. The number of nitrogens with zero attached hydrogens (tertiary/aromatic N) is 6. The molecule has 0 saturated carbocycles. The molecule has 1 fully saturated rings. The van der Waals surface area contributed by atoms with E-state index in [9.17, 15) is 0 Å². The fourth-order valence-corrected chi connectivity index (χ4v) is 3.83. The van der Waals surface area contributed by atoms with Gasteiger partial charge in [-0.1, -0.05) is 49.0 Å². The van der Waals surface area contributed by atoms with E-state index in [0.717, 1.165) is 44.1 Å². The lowest BCUT2D eigenvalue weighted by molar-refractivity contribution is 0.315. The Hall–Kier alpha value is -3.41. The monoisotopic (exact) mass is 370 g/mol. The maximum absolute atomic E-state index is 4.60. The van der Waals surface area contributed by atoms with Crippen molar-refractivity contribution in [3.63, 3.8) is 0 Å². The normalized spacial score (nSPS) is 14.7. The third-order valence-corrected chi connectivity index (χ3v) is 5.42. The van der Waals surface area contributed by atoms with E-state index in [1.165, 1.54) is 22.0 Å². The van der Waals surface area contributed by atoms with Gasteiger partial charge in [-0.05, 0) is 28.5 Å². The summed E-state index contributed by atoms with van der Waals surface area (Å²) in [5.41, 5.74) is 3.26. The third-order valence-electron chi connectivity index (χ3n) is 5.42. The molecule has 3 heterocycles. The first-order valence-corrected chi connectivity index (χ1v) is 9.59. The first kappa shape index (κ1) is 16.7. The summed E-state index contributed by atoms with van der Waals surface area (Å²) in [6.07, 6.45) is 2.52. The van der Waals surface area contributed by atoms with E-state index >= 15 is 0 Å². The average molecular weight is 370 g/mol. The van der Waals surface area contributed by atoms with Gasteiger partial charge >= 0.3 is 0 Å². The SMILES string of the molecule is C=C(Cc1ccc2ccccc2c1)N1CCN(c2ccc3nncn3n2)CC1. The second-order valence-corrected chi connectivity index (χ2v) is 7.22. The number of anilines is 1. The number of piperazine rings is 1. The van der Waals surface area contributed by atoms with Crippen LogP contribution in [0.5, 0.6) is 0 Å². The number of fused-ring (bicyclic) bond motifs is 2. The van der Waals surface area contributed by atoms with Crippen LogP contribution < -0.4 is 4.90 Å². The van der Waals surface area contributed by atoms with Crippen molar-refractivity contribution in [2.45, 2.75) is 6.42 Å². The van der Waals surface area contributed by atoms with Gasteiger partial charge in [0.05, 0.1) is 0 Å². The molecular formula is C22H22N6. The zero-order valence-electron chi connectivity index (χ0n) is 15.7. The quantitative estimate of drug-likeness (QED) is 0.552. The summed E-state index contributed by atoms with van der Waals surface area (Å²) in [7, 11) is 0. The minimum atomic E-state index is 0.770. The van der Waals surface area contributed by atoms with Crippen LogP contribution in [0.25, 0.3) is 16.4 Å². The topological polar surface area (TPSA) is 49.6 Å². The maximum Gasteiger partial charge on any atom is 0.177 e.